The van der Waals surface area contributed by atoms with E-state index in [1.54, 1.807) is 31.6 Å². The highest BCUT2D eigenvalue weighted by atomic mass is 19.1. The van der Waals surface area contributed by atoms with Crippen molar-refractivity contribution in [2.75, 3.05) is 7.11 Å². The number of hydrogen-bond donors (Lipinski definition) is 1. The molecule has 130 valence electrons. The second-order valence-corrected chi connectivity index (χ2v) is 5.64. The van der Waals surface area contributed by atoms with Crippen molar-refractivity contribution in [2.45, 2.75) is 19.7 Å². The second-order valence-electron chi connectivity index (χ2n) is 5.64. The summed E-state index contributed by atoms with van der Waals surface area (Å²) in [6, 6.07) is 16.2. The van der Waals surface area contributed by atoms with Crippen molar-refractivity contribution in [3.8, 4) is 11.5 Å². The molecule has 0 spiro atoms. The molecular formula is C20H21FNO3+. The second kappa shape index (κ2) is 8.35. The minimum atomic E-state index is -0.273. The fraction of sp³-hybridized carbons (Fsp3) is 0.200. The lowest BCUT2D eigenvalue weighted by Crippen LogP contribution is -2.80. The molecule has 0 fully saturated rings. The first-order chi connectivity index (χ1) is 12.3. The Hall–Kier alpha value is -2.79. The Morgan fingerprint density at radius 3 is 2.64 bits per heavy atom. The zero-order valence-corrected chi connectivity index (χ0v) is 14.1. The molecule has 5 heteroatoms. The maximum Gasteiger partial charge on any atom is 0.161 e. The van der Waals surface area contributed by atoms with Gasteiger partial charge in [0, 0.05) is 11.1 Å². The number of ether oxygens (including phenoxy) is 2. The van der Waals surface area contributed by atoms with Gasteiger partial charge >= 0.3 is 0 Å². The fourth-order valence-electron chi connectivity index (χ4n) is 2.54. The summed E-state index contributed by atoms with van der Waals surface area (Å²) < 4.78 is 30.1. The van der Waals surface area contributed by atoms with Gasteiger partial charge in [-0.3, -0.25) is 0 Å². The molecule has 0 aliphatic heterocycles. The summed E-state index contributed by atoms with van der Waals surface area (Å²) in [5.41, 5.74) is 1.63. The quantitative estimate of drug-likeness (QED) is 0.683. The summed E-state index contributed by atoms with van der Waals surface area (Å²) in [5.74, 6) is 1.91. The van der Waals surface area contributed by atoms with Crippen LogP contribution < -0.4 is 14.8 Å². The number of nitrogens with two attached hydrogens (primary N) is 1. The molecule has 2 N–H and O–H groups in total. The van der Waals surface area contributed by atoms with Crippen LogP contribution in [0.1, 0.15) is 16.9 Å². The predicted molar refractivity (Wildman–Crippen MR) is 91.8 cm³/mol. The van der Waals surface area contributed by atoms with Crippen LogP contribution >= 0.6 is 0 Å². The molecule has 2 aromatic carbocycles. The van der Waals surface area contributed by atoms with Gasteiger partial charge in [0.25, 0.3) is 0 Å². The normalized spacial score (nSPS) is 10.6. The van der Waals surface area contributed by atoms with Crippen LogP contribution in [0.3, 0.4) is 0 Å². The number of halogens is 1. The fourth-order valence-corrected chi connectivity index (χ4v) is 2.54. The van der Waals surface area contributed by atoms with Crippen LogP contribution in [-0.4, -0.2) is 7.11 Å². The van der Waals surface area contributed by atoms with Crippen molar-refractivity contribution in [3.05, 3.63) is 83.6 Å². The average Bonchev–Trinajstić information content (AvgIpc) is 3.15. The van der Waals surface area contributed by atoms with E-state index in [1.165, 1.54) is 6.07 Å². The van der Waals surface area contributed by atoms with Crippen molar-refractivity contribution in [3.63, 3.8) is 0 Å². The summed E-state index contributed by atoms with van der Waals surface area (Å²) in [7, 11) is 1.60. The zero-order chi connectivity index (χ0) is 17.5. The smallest absolute Gasteiger partial charge is 0.161 e. The van der Waals surface area contributed by atoms with Crippen LogP contribution in [0.4, 0.5) is 4.39 Å². The molecule has 0 unspecified atom stereocenters. The van der Waals surface area contributed by atoms with E-state index in [0.717, 1.165) is 24.4 Å². The first-order valence-corrected chi connectivity index (χ1v) is 8.13. The SMILES string of the molecule is COc1cc(C[NH2+]Cc2ccco2)ccc1OCc1ccccc1F. The largest absolute Gasteiger partial charge is 0.493 e. The van der Waals surface area contributed by atoms with Gasteiger partial charge in [0.2, 0.25) is 0 Å². The first kappa shape index (κ1) is 17.0. The maximum atomic E-state index is 13.7. The molecule has 0 aliphatic carbocycles. The Morgan fingerprint density at radius 1 is 1.00 bits per heavy atom. The van der Waals surface area contributed by atoms with Gasteiger partial charge < -0.3 is 19.2 Å². The van der Waals surface area contributed by atoms with Gasteiger partial charge in [0.1, 0.15) is 25.5 Å². The van der Waals surface area contributed by atoms with Crippen LogP contribution in [0.15, 0.2) is 65.3 Å². The van der Waals surface area contributed by atoms with Gasteiger partial charge in [-0.05, 0) is 36.4 Å². The third-order valence-corrected chi connectivity index (χ3v) is 3.87. The lowest BCUT2D eigenvalue weighted by atomic mass is 10.2. The lowest BCUT2D eigenvalue weighted by Gasteiger charge is -2.12. The highest BCUT2D eigenvalue weighted by Gasteiger charge is 2.09. The molecule has 0 bridgehead atoms. The number of quaternary nitrogens is 1. The average molecular weight is 342 g/mol. The van der Waals surface area contributed by atoms with E-state index < -0.39 is 0 Å². The Labute approximate surface area is 146 Å². The Kier molecular flexibility index (Phi) is 5.69. The van der Waals surface area contributed by atoms with Gasteiger partial charge in [0.15, 0.2) is 17.3 Å². The summed E-state index contributed by atoms with van der Waals surface area (Å²) >= 11 is 0. The Balaban J connectivity index is 1.60. The van der Waals surface area contributed by atoms with Crippen LogP contribution in [0.25, 0.3) is 0 Å². The molecule has 3 aromatic rings. The lowest BCUT2D eigenvalue weighted by molar-refractivity contribution is -0.688. The van der Waals surface area contributed by atoms with Gasteiger partial charge in [0.05, 0.1) is 13.4 Å². The molecule has 0 saturated carbocycles. The van der Waals surface area contributed by atoms with Crippen molar-refractivity contribution in [1.29, 1.82) is 0 Å². The standard InChI is InChI=1S/C20H20FNO3/c1-23-20-11-15(12-22-13-17-6-4-10-24-17)8-9-19(20)25-14-16-5-2-3-7-18(16)21/h2-11,22H,12-14H2,1H3/p+1. The molecule has 0 radical (unpaired) electrons. The summed E-state index contributed by atoms with van der Waals surface area (Å²) in [4.78, 5) is 0. The molecule has 25 heavy (non-hydrogen) atoms. The summed E-state index contributed by atoms with van der Waals surface area (Å²) in [6.45, 7) is 1.73. The van der Waals surface area contributed by atoms with Crippen LogP contribution in [-0.2, 0) is 19.7 Å². The van der Waals surface area contributed by atoms with Crippen LogP contribution in [0, 0.1) is 5.82 Å². The van der Waals surface area contributed by atoms with E-state index in [-0.39, 0.29) is 12.4 Å². The van der Waals surface area contributed by atoms with Gasteiger partial charge in [-0.2, -0.15) is 0 Å². The van der Waals surface area contributed by atoms with Crippen molar-refractivity contribution < 1.29 is 23.6 Å². The van der Waals surface area contributed by atoms with Gasteiger partial charge in [-0.25, -0.2) is 4.39 Å². The van der Waals surface area contributed by atoms with E-state index in [4.69, 9.17) is 13.9 Å². The van der Waals surface area contributed by atoms with Gasteiger partial charge in [-0.1, -0.05) is 18.2 Å². The summed E-state index contributed by atoms with van der Waals surface area (Å²) in [6.07, 6.45) is 1.67. The minimum Gasteiger partial charge on any atom is -0.493 e. The highest BCUT2D eigenvalue weighted by molar-refractivity contribution is 5.42. The van der Waals surface area contributed by atoms with E-state index in [1.807, 2.05) is 30.3 Å². The Morgan fingerprint density at radius 2 is 1.88 bits per heavy atom. The third kappa shape index (κ3) is 4.61. The molecule has 1 aromatic heterocycles. The highest BCUT2D eigenvalue weighted by Crippen LogP contribution is 2.28. The molecule has 0 saturated heterocycles. The minimum absolute atomic E-state index is 0.160. The molecule has 1 heterocycles. The molecule has 4 nitrogen and oxygen atoms in total. The van der Waals surface area contributed by atoms with Crippen molar-refractivity contribution in [2.24, 2.45) is 0 Å². The monoisotopic (exact) mass is 342 g/mol. The molecular weight excluding hydrogens is 321 g/mol. The topological polar surface area (TPSA) is 48.2 Å². The first-order valence-electron chi connectivity index (χ1n) is 8.13. The number of hydrogen-bond acceptors (Lipinski definition) is 3. The van der Waals surface area contributed by atoms with E-state index in [2.05, 4.69) is 5.32 Å². The molecule has 0 aliphatic rings. The van der Waals surface area contributed by atoms with Crippen LogP contribution in [0.2, 0.25) is 0 Å². The number of benzene rings is 2. The van der Waals surface area contributed by atoms with E-state index in [0.29, 0.717) is 17.1 Å². The zero-order valence-electron chi connectivity index (χ0n) is 14.1. The molecule has 0 atom stereocenters. The van der Waals surface area contributed by atoms with E-state index in [9.17, 15) is 4.39 Å². The summed E-state index contributed by atoms with van der Waals surface area (Å²) in [5, 5.41) is 2.15. The Bertz CT molecular complexity index is 802. The number of rotatable bonds is 8. The van der Waals surface area contributed by atoms with Crippen molar-refractivity contribution >= 4 is 0 Å². The molecule has 0 amide bonds. The maximum absolute atomic E-state index is 13.7. The third-order valence-electron chi connectivity index (χ3n) is 3.87. The van der Waals surface area contributed by atoms with E-state index >= 15 is 0 Å². The van der Waals surface area contributed by atoms with Crippen molar-refractivity contribution in [1.82, 2.24) is 0 Å². The molecule has 3 rings (SSSR count). The predicted octanol–water partition coefficient (Wildman–Crippen LogP) is 3.27. The van der Waals surface area contributed by atoms with Gasteiger partial charge in [-0.15, -0.1) is 0 Å². The number of methoxy groups -OCH3 is 1. The van der Waals surface area contributed by atoms with Crippen LogP contribution in [0.5, 0.6) is 11.5 Å². The number of furan rings is 1.